The number of nitrogens with one attached hydrogen (secondary N) is 6. The summed E-state index contributed by atoms with van der Waals surface area (Å²) in [5, 5.41) is 24.2. The lowest BCUT2D eigenvalue weighted by Gasteiger charge is -2.19. The van der Waals surface area contributed by atoms with Crippen molar-refractivity contribution < 1.29 is 37.4 Å². The first-order valence-corrected chi connectivity index (χ1v) is 19.9. The molecule has 0 saturated heterocycles. The minimum absolute atomic E-state index is 0.137. The second-order valence-corrected chi connectivity index (χ2v) is 15.2. The highest BCUT2D eigenvalue weighted by atomic mass is 32.2. The molecule has 0 spiro atoms. The number of carboxylic acid groups (broad SMARTS) is 1. The highest BCUT2D eigenvalue weighted by Crippen LogP contribution is 2.26. The zero-order valence-electron chi connectivity index (χ0n) is 32.9. The number of benzene rings is 2. The number of anilines is 1. The second-order valence-electron chi connectivity index (χ2n) is 13.5. The smallest absolute Gasteiger partial charge is 0.323 e. The van der Waals surface area contributed by atoms with Crippen molar-refractivity contribution in [3.05, 3.63) is 81.4 Å². The first-order chi connectivity index (χ1) is 27.1. The van der Waals surface area contributed by atoms with Gasteiger partial charge in [0.2, 0.25) is 33.2 Å². The van der Waals surface area contributed by atoms with Gasteiger partial charge in [0.1, 0.15) is 17.4 Å². The van der Waals surface area contributed by atoms with Crippen LogP contribution in [0.1, 0.15) is 53.2 Å². The van der Waals surface area contributed by atoms with Crippen LogP contribution in [0.25, 0.3) is 10.9 Å². The Labute approximate surface area is 330 Å². The number of aryl methyl sites for hydroxylation is 4. The van der Waals surface area contributed by atoms with E-state index < -0.39 is 39.9 Å². The summed E-state index contributed by atoms with van der Waals surface area (Å²) in [6.45, 7) is 5.49. The van der Waals surface area contributed by atoms with Gasteiger partial charge < -0.3 is 45.6 Å². The Bertz CT molecular complexity index is 2240. The summed E-state index contributed by atoms with van der Waals surface area (Å²) in [5.41, 5.74) is 1.19. The number of pyridine rings is 1. The summed E-state index contributed by atoms with van der Waals surface area (Å²) in [5.74, 6) is -1.73. The molecule has 19 heteroatoms. The van der Waals surface area contributed by atoms with Gasteiger partial charge in [-0.1, -0.05) is 13.0 Å². The van der Waals surface area contributed by atoms with Crippen LogP contribution in [-0.4, -0.2) is 96.7 Å². The molecule has 3 amide bonds. The normalized spacial score (nSPS) is 12.5. The lowest BCUT2D eigenvalue weighted by atomic mass is 10.1. The molecule has 4 rings (SSSR count). The first-order valence-electron chi connectivity index (χ1n) is 18.4. The maximum Gasteiger partial charge on any atom is 0.323 e. The van der Waals surface area contributed by atoms with Crippen molar-refractivity contribution in [3.63, 3.8) is 0 Å². The Morgan fingerprint density at radius 1 is 0.965 bits per heavy atom. The number of carbonyl (C=O) groups excluding carboxylic acids is 3. The molecule has 7 N–H and O–H groups in total. The van der Waals surface area contributed by atoms with Gasteiger partial charge in [-0.2, -0.15) is 4.72 Å². The number of hydrogen-bond donors (Lipinski definition) is 7. The summed E-state index contributed by atoms with van der Waals surface area (Å²) in [6, 6.07) is 6.10. The van der Waals surface area contributed by atoms with Crippen molar-refractivity contribution in [1.29, 1.82) is 0 Å². The third kappa shape index (κ3) is 11.6. The highest BCUT2D eigenvalue weighted by molar-refractivity contribution is 7.89. The van der Waals surface area contributed by atoms with Crippen molar-refractivity contribution in [2.45, 2.75) is 63.6 Å². The number of imidazole rings is 1. The van der Waals surface area contributed by atoms with E-state index in [0.717, 1.165) is 5.56 Å². The second kappa shape index (κ2) is 19.9. The van der Waals surface area contributed by atoms with Crippen LogP contribution in [0.5, 0.6) is 5.75 Å². The molecule has 2 aromatic carbocycles. The molecule has 0 bridgehead atoms. The number of nitrogens with zero attached hydrogens (tertiary/aromatic N) is 3. The zero-order valence-corrected chi connectivity index (χ0v) is 33.7. The van der Waals surface area contributed by atoms with Gasteiger partial charge in [0.25, 0.3) is 5.91 Å². The topological polar surface area (TPSA) is 244 Å². The SMILES string of the molecule is CC[C@H](NC)C(=O)NCCNC(=O)CCCOc1cc(C)c(S(=O)(=O)N[C@@H](CNC(=O)c2cn(C)c3cc(CNc4nccn4C)ccc3c2=O)C(=O)O)c(C)c1. The van der Waals surface area contributed by atoms with Gasteiger partial charge >= 0.3 is 5.97 Å². The molecule has 0 aliphatic heterocycles. The van der Waals surface area contributed by atoms with Gasteiger partial charge in [-0.15, -0.1) is 0 Å². The Hall–Kier alpha value is -5.79. The third-order valence-corrected chi connectivity index (χ3v) is 10.9. The predicted octanol–water partition coefficient (Wildman–Crippen LogP) is 1.05. The standard InChI is InChI=1S/C38H51N9O9S/c1-7-29(39-4)36(51)41-13-12-40-32(48)9-8-16-56-26-17-23(2)34(24(3)18-26)57(54,55)45-30(37(52)53)21-43-35(50)28-22-47(6)31-19-25(10-11-27(31)33(28)49)20-44-38-42-14-15-46(38)5/h10-11,14-15,17-19,22,29-30,39,45H,7-9,12-13,16,20-21H2,1-6H3,(H,40,48)(H,41,51)(H,42,44)(H,43,50)(H,52,53)/t29-,30-/m0/s1. The van der Waals surface area contributed by atoms with E-state index in [1.165, 1.54) is 32.2 Å². The molecule has 18 nitrogen and oxygen atoms in total. The molecule has 57 heavy (non-hydrogen) atoms. The fraction of sp³-hybridized carbons (Fsp3) is 0.421. The van der Waals surface area contributed by atoms with Crippen molar-refractivity contribution >= 4 is 50.6 Å². The number of likely N-dealkylation sites (N-methyl/N-ethyl adjacent to an activating group) is 1. The van der Waals surface area contributed by atoms with Crippen LogP contribution in [-0.2, 0) is 45.0 Å². The van der Waals surface area contributed by atoms with E-state index in [1.54, 1.807) is 37.0 Å². The van der Waals surface area contributed by atoms with Crippen molar-refractivity contribution in [1.82, 2.24) is 40.1 Å². The number of hydrogen-bond acceptors (Lipinski definition) is 11. The van der Waals surface area contributed by atoms with Crippen molar-refractivity contribution in [3.8, 4) is 5.75 Å². The maximum atomic E-state index is 13.5. The summed E-state index contributed by atoms with van der Waals surface area (Å²) in [7, 11) is 0.809. The van der Waals surface area contributed by atoms with E-state index >= 15 is 0 Å². The number of aromatic nitrogens is 3. The van der Waals surface area contributed by atoms with E-state index in [2.05, 4.69) is 36.3 Å². The van der Waals surface area contributed by atoms with Gasteiger partial charge in [0.05, 0.1) is 23.1 Å². The molecule has 0 aliphatic rings. The molecule has 4 aromatic rings. The number of carbonyl (C=O) groups is 4. The summed E-state index contributed by atoms with van der Waals surface area (Å²) >= 11 is 0. The molecular weight excluding hydrogens is 759 g/mol. The predicted molar refractivity (Wildman–Crippen MR) is 214 cm³/mol. The van der Waals surface area contributed by atoms with Gasteiger partial charge in [-0.25, -0.2) is 13.4 Å². The van der Waals surface area contributed by atoms with Crippen LogP contribution >= 0.6 is 0 Å². The molecule has 2 heterocycles. The van der Waals surface area contributed by atoms with Crippen LogP contribution in [0.3, 0.4) is 0 Å². The van der Waals surface area contributed by atoms with E-state index in [-0.39, 0.29) is 64.4 Å². The Balaban J connectivity index is 1.32. The monoisotopic (exact) mass is 809 g/mol. The lowest BCUT2D eigenvalue weighted by Crippen LogP contribution is -2.49. The number of rotatable bonds is 21. The van der Waals surface area contributed by atoms with Crippen molar-refractivity contribution in [2.75, 3.05) is 38.6 Å². The Morgan fingerprint density at radius 2 is 1.67 bits per heavy atom. The summed E-state index contributed by atoms with van der Waals surface area (Å²) < 4.78 is 38.4. The first kappa shape index (κ1) is 43.9. The molecule has 2 aromatic heterocycles. The lowest BCUT2D eigenvalue weighted by molar-refractivity contribution is -0.138. The number of ether oxygens (including phenoxy) is 1. The quantitative estimate of drug-likeness (QED) is 0.0585. The fourth-order valence-corrected chi connectivity index (χ4v) is 7.83. The van der Waals surface area contributed by atoms with E-state index in [1.807, 2.05) is 30.8 Å². The van der Waals surface area contributed by atoms with Crippen LogP contribution in [0.4, 0.5) is 5.95 Å². The number of carboxylic acids is 1. The largest absolute Gasteiger partial charge is 0.494 e. The molecule has 0 saturated carbocycles. The van der Waals surface area contributed by atoms with Gasteiger partial charge in [0.15, 0.2) is 0 Å². The van der Waals surface area contributed by atoms with Gasteiger partial charge in [0, 0.05) is 70.7 Å². The van der Waals surface area contributed by atoms with E-state index in [9.17, 15) is 37.5 Å². The van der Waals surface area contributed by atoms with Gasteiger partial charge in [-0.3, -0.25) is 24.0 Å². The van der Waals surface area contributed by atoms with E-state index in [0.29, 0.717) is 43.1 Å². The number of aliphatic carboxylic acids is 1. The van der Waals surface area contributed by atoms with Crippen LogP contribution < -0.4 is 41.5 Å². The Morgan fingerprint density at radius 3 is 2.30 bits per heavy atom. The van der Waals surface area contributed by atoms with Crippen LogP contribution in [0.2, 0.25) is 0 Å². The average molecular weight is 810 g/mol. The molecular formula is C38H51N9O9S. The number of amides is 3. The molecule has 0 unspecified atom stereocenters. The highest BCUT2D eigenvalue weighted by Gasteiger charge is 2.29. The summed E-state index contributed by atoms with van der Waals surface area (Å²) in [6.07, 6.45) is 6.01. The average Bonchev–Trinajstić information content (AvgIpc) is 3.58. The Kier molecular flexibility index (Phi) is 15.3. The minimum atomic E-state index is -4.42. The van der Waals surface area contributed by atoms with Gasteiger partial charge in [-0.05, 0) is 74.7 Å². The molecule has 0 fully saturated rings. The van der Waals surface area contributed by atoms with Crippen molar-refractivity contribution in [2.24, 2.45) is 14.1 Å². The zero-order chi connectivity index (χ0) is 41.9. The number of sulfonamides is 1. The number of fused-ring (bicyclic) bond motifs is 1. The van der Waals surface area contributed by atoms with Crippen LogP contribution in [0.15, 0.2) is 58.6 Å². The van der Waals surface area contributed by atoms with E-state index in [4.69, 9.17) is 4.74 Å². The van der Waals surface area contributed by atoms with Crippen LogP contribution in [0, 0.1) is 13.8 Å². The minimum Gasteiger partial charge on any atom is -0.494 e. The molecule has 308 valence electrons. The summed E-state index contributed by atoms with van der Waals surface area (Å²) in [4.78, 5) is 67.0. The molecule has 0 aliphatic carbocycles. The molecule has 2 atom stereocenters. The molecule has 0 radical (unpaired) electrons. The maximum absolute atomic E-state index is 13.5. The third-order valence-electron chi connectivity index (χ3n) is 9.17. The fourth-order valence-electron chi connectivity index (χ4n) is 6.19.